The van der Waals surface area contributed by atoms with Crippen molar-refractivity contribution in [3.05, 3.63) is 65.2 Å². The molecule has 22 heavy (non-hydrogen) atoms. The number of aryl methyl sites for hydroxylation is 1. The summed E-state index contributed by atoms with van der Waals surface area (Å²) in [5.41, 5.74) is 2.28. The van der Waals surface area contributed by atoms with Gasteiger partial charge in [-0.3, -0.25) is 4.79 Å². The third-order valence-electron chi connectivity index (χ3n) is 3.55. The van der Waals surface area contributed by atoms with Gasteiger partial charge in [0.1, 0.15) is 0 Å². The number of nitrogens with one attached hydrogen (secondary N) is 1. The maximum Gasteiger partial charge on any atom is 0.252 e. The average molecular weight is 317 g/mol. The summed E-state index contributed by atoms with van der Waals surface area (Å²) < 4.78 is 24.1. The topological polar surface area (TPSA) is 63.2 Å². The second-order valence-corrected chi connectivity index (χ2v) is 7.26. The van der Waals surface area contributed by atoms with Crippen LogP contribution in [0.25, 0.3) is 0 Å². The molecular formula is C17H19NO3S. The fourth-order valence-corrected chi connectivity index (χ4v) is 3.25. The predicted molar refractivity (Wildman–Crippen MR) is 86.5 cm³/mol. The lowest BCUT2D eigenvalue weighted by Gasteiger charge is -2.11. The molecule has 2 rings (SSSR count). The van der Waals surface area contributed by atoms with Crippen LogP contribution < -0.4 is 5.32 Å². The lowest BCUT2D eigenvalue weighted by molar-refractivity contribution is 0.0947. The van der Waals surface area contributed by atoms with Gasteiger partial charge in [0.25, 0.3) is 5.91 Å². The van der Waals surface area contributed by atoms with Gasteiger partial charge >= 0.3 is 0 Å². The Morgan fingerprint density at radius 3 is 2.36 bits per heavy atom. The highest BCUT2D eigenvalue weighted by atomic mass is 32.2. The van der Waals surface area contributed by atoms with Crippen LogP contribution in [0.4, 0.5) is 0 Å². The zero-order valence-electron chi connectivity index (χ0n) is 12.7. The first-order valence-corrected chi connectivity index (χ1v) is 8.75. The summed E-state index contributed by atoms with van der Waals surface area (Å²) >= 11 is 0. The standard InChI is InChI=1S/C17H19NO3S/c1-3-22(20,21)16-11-7-6-10-15(16)17(19)18-12-14-9-5-4-8-13(14)2/h4-11H,3,12H2,1-2H3,(H,18,19). The van der Waals surface area contributed by atoms with E-state index in [4.69, 9.17) is 0 Å². The van der Waals surface area contributed by atoms with E-state index in [1.807, 2.05) is 31.2 Å². The van der Waals surface area contributed by atoms with Crippen molar-refractivity contribution in [1.82, 2.24) is 5.32 Å². The quantitative estimate of drug-likeness (QED) is 0.922. The highest BCUT2D eigenvalue weighted by Gasteiger charge is 2.20. The van der Waals surface area contributed by atoms with Gasteiger partial charge in [0.2, 0.25) is 0 Å². The highest BCUT2D eigenvalue weighted by molar-refractivity contribution is 7.91. The summed E-state index contributed by atoms with van der Waals surface area (Å²) in [6, 6.07) is 14.0. The van der Waals surface area contributed by atoms with Crippen LogP contribution in [0.1, 0.15) is 28.4 Å². The van der Waals surface area contributed by atoms with Gasteiger partial charge in [-0.1, -0.05) is 43.3 Å². The molecule has 0 unspecified atom stereocenters. The molecule has 116 valence electrons. The number of benzene rings is 2. The molecule has 0 atom stereocenters. The Morgan fingerprint density at radius 1 is 1.05 bits per heavy atom. The van der Waals surface area contributed by atoms with E-state index in [2.05, 4.69) is 5.32 Å². The number of hydrogen-bond donors (Lipinski definition) is 1. The van der Waals surface area contributed by atoms with Crippen molar-refractivity contribution in [3.8, 4) is 0 Å². The Balaban J connectivity index is 2.23. The zero-order valence-corrected chi connectivity index (χ0v) is 13.5. The number of carbonyl (C=O) groups excluding carboxylic acids is 1. The summed E-state index contributed by atoms with van der Waals surface area (Å²) in [6.07, 6.45) is 0. The maximum absolute atomic E-state index is 12.3. The largest absolute Gasteiger partial charge is 0.348 e. The first-order chi connectivity index (χ1) is 10.5. The van der Waals surface area contributed by atoms with Gasteiger partial charge in [0.15, 0.2) is 9.84 Å². The van der Waals surface area contributed by atoms with Crippen LogP contribution in [0.2, 0.25) is 0 Å². The van der Waals surface area contributed by atoms with Crippen molar-refractivity contribution in [1.29, 1.82) is 0 Å². The summed E-state index contributed by atoms with van der Waals surface area (Å²) in [4.78, 5) is 12.4. The molecule has 0 bridgehead atoms. The Morgan fingerprint density at radius 2 is 1.68 bits per heavy atom. The SMILES string of the molecule is CCS(=O)(=O)c1ccccc1C(=O)NCc1ccccc1C. The van der Waals surface area contributed by atoms with Crippen LogP contribution in [0.3, 0.4) is 0 Å². The lowest BCUT2D eigenvalue weighted by atomic mass is 10.1. The Bertz CT molecular complexity index is 782. The third kappa shape index (κ3) is 3.54. The van der Waals surface area contributed by atoms with Crippen LogP contribution in [-0.4, -0.2) is 20.1 Å². The second-order valence-electron chi connectivity index (χ2n) is 5.01. The summed E-state index contributed by atoms with van der Waals surface area (Å²) in [7, 11) is -3.43. The molecule has 1 N–H and O–H groups in total. The number of amides is 1. The van der Waals surface area contributed by atoms with Gasteiger partial charge in [-0.2, -0.15) is 0 Å². The van der Waals surface area contributed by atoms with Crippen molar-refractivity contribution >= 4 is 15.7 Å². The van der Waals surface area contributed by atoms with E-state index < -0.39 is 9.84 Å². The van der Waals surface area contributed by atoms with Crippen LogP contribution in [-0.2, 0) is 16.4 Å². The molecule has 0 spiro atoms. The first-order valence-electron chi connectivity index (χ1n) is 7.10. The van der Waals surface area contributed by atoms with Gasteiger partial charge in [0, 0.05) is 6.54 Å². The van der Waals surface area contributed by atoms with Crippen molar-refractivity contribution in [2.45, 2.75) is 25.3 Å². The number of rotatable bonds is 5. The fourth-order valence-electron chi connectivity index (χ4n) is 2.16. The monoisotopic (exact) mass is 317 g/mol. The number of hydrogen-bond acceptors (Lipinski definition) is 3. The summed E-state index contributed by atoms with van der Waals surface area (Å²) in [5, 5.41) is 2.79. The molecule has 0 fully saturated rings. The number of sulfone groups is 1. The van der Waals surface area contributed by atoms with E-state index in [0.29, 0.717) is 6.54 Å². The van der Waals surface area contributed by atoms with Crippen molar-refractivity contribution < 1.29 is 13.2 Å². The van der Waals surface area contributed by atoms with Gasteiger partial charge in [-0.15, -0.1) is 0 Å². The highest BCUT2D eigenvalue weighted by Crippen LogP contribution is 2.17. The minimum Gasteiger partial charge on any atom is -0.348 e. The van der Waals surface area contributed by atoms with E-state index in [9.17, 15) is 13.2 Å². The smallest absolute Gasteiger partial charge is 0.252 e. The molecule has 0 heterocycles. The molecular weight excluding hydrogens is 298 g/mol. The molecule has 2 aromatic rings. The molecule has 0 radical (unpaired) electrons. The van der Waals surface area contributed by atoms with Crippen LogP contribution in [0.5, 0.6) is 0 Å². The zero-order chi connectivity index (χ0) is 16.2. The Labute approximate surface area is 131 Å². The molecule has 1 amide bonds. The van der Waals surface area contributed by atoms with Crippen molar-refractivity contribution in [2.75, 3.05) is 5.75 Å². The molecule has 0 aromatic heterocycles. The van der Waals surface area contributed by atoms with E-state index in [1.54, 1.807) is 19.1 Å². The average Bonchev–Trinajstić information content (AvgIpc) is 2.54. The lowest BCUT2D eigenvalue weighted by Crippen LogP contribution is -2.25. The van der Waals surface area contributed by atoms with Crippen LogP contribution in [0, 0.1) is 6.92 Å². The van der Waals surface area contributed by atoms with Gasteiger partial charge in [0.05, 0.1) is 16.2 Å². The first kappa shape index (κ1) is 16.2. The number of carbonyl (C=O) groups is 1. The molecule has 0 aliphatic rings. The van der Waals surface area contributed by atoms with E-state index in [-0.39, 0.29) is 22.1 Å². The van der Waals surface area contributed by atoms with Crippen LogP contribution in [0.15, 0.2) is 53.4 Å². The van der Waals surface area contributed by atoms with Crippen LogP contribution >= 0.6 is 0 Å². The molecule has 4 nitrogen and oxygen atoms in total. The minimum atomic E-state index is -3.43. The molecule has 0 saturated carbocycles. The van der Waals surface area contributed by atoms with Gasteiger partial charge in [-0.05, 0) is 30.2 Å². The van der Waals surface area contributed by atoms with Gasteiger partial charge in [-0.25, -0.2) is 8.42 Å². The normalized spacial score (nSPS) is 11.2. The van der Waals surface area contributed by atoms with E-state index in [0.717, 1.165) is 11.1 Å². The Hall–Kier alpha value is -2.14. The summed E-state index contributed by atoms with van der Waals surface area (Å²) in [5.74, 6) is -0.411. The molecule has 0 aliphatic heterocycles. The summed E-state index contributed by atoms with van der Waals surface area (Å²) in [6.45, 7) is 3.90. The van der Waals surface area contributed by atoms with E-state index >= 15 is 0 Å². The Kier molecular flexibility index (Phi) is 4.98. The minimum absolute atomic E-state index is 0.0327. The molecule has 5 heteroatoms. The molecule has 2 aromatic carbocycles. The molecule has 0 aliphatic carbocycles. The predicted octanol–water partition coefficient (Wildman–Crippen LogP) is 2.72. The maximum atomic E-state index is 12.3. The van der Waals surface area contributed by atoms with Crippen molar-refractivity contribution in [2.24, 2.45) is 0 Å². The van der Waals surface area contributed by atoms with E-state index in [1.165, 1.54) is 12.1 Å². The third-order valence-corrected chi connectivity index (χ3v) is 5.33. The fraction of sp³-hybridized carbons (Fsp3) is 0.235. The molecule has 0 saturated heterocycles. The van der Waals surface area contributed by atoms with Crippen molar-refractivity contribution in [3.63, 3.8) is 0 Å². The second kappa shape index (κ2) is 6.75. The van der Waals surface area contributed by atoms with Gasteiger partial charge < -0.3 is 5.32 Å².